The molecule has 0 aliphatic rings. The Kier molecular flexibility index (Phi) is 7.34. The summed E-state index contributed by atoms with van der Waals surface area (Å²) in [6.45, 7) is 3.82. The van der Waals surface area contributed by atoms with E-state index >= 15 is 0 Å². The van der Waals surface area contributed by atoms with Crippen LogP contribution in [-0.4, -0.2) is 52.7 Å². The zero-order valence-corrected chi connectivity index (χ0v) is 15.5. The highest BCUT2D eigenvalue weighted by molar-refractivity contribution is 8.00. The van der Waals surface area contributed by atoms with Crippen molar-refractivity contribution in [3.8, 4) is 0 Å². The van der Waals surface area contributed by atoms with Crippen LogP contribution in [0.25, 0.3) is 11.0 Å². The number of nitrogens with zero attached hydrogens (tertiary/aromatic N) is 3. The van der Waals surface area contributed by atoms with Crippen molar-refractivity contribution < 1.29 is 28.6 Å². The summed E-state index contributed by atoms with van der Waals surface area (Å²) in [5.41, 5.74) is -0.0171. The van der Waals surface area contributed by atoms with Crippen LogP contribution in [0.2, 0.25) is 0 Å². The molecule has 0 fully saturated rings. The van der Waals surface area contributed by atoms with Crippen molar-refractivity contribution in [2.75, 3.05) is 30.8 Å². The van der Waals surface area contributed by atoms with Gasteiger partial charge in [0.2, 0.25) is 5.52 Å². The number of esters is 2. The molecule has 0 spiro atoms. The van der Waals surface area contributed by atoms with Gasteiger partial charge in [-0.25, -0.2) is 4.63 Å². The Hall–Kier alpha value is -2.89. The maximum absolute atomic E-state index is 11.6. The molecule has 0 bridgehead atoms. The SMILES string of the molecule is CCOC(=O)CSc1cc(NCCOC(=O)CC)c([N+](=O)[O-])c2nonc12. The summed E-state index contributed by atoms with van der Waals surface area (Å²) < 4.78 is 14.5. The second-order valence-corrected chi connectivity index (χ2v) is 6.10. The molecule has 146 valence electrons. The summed E-state index contributed by atoms with van der Waals surface area (Å²) >= 11 is 1.10. The first kappa shape index (κ1) is 20.4. The first-order valence-electron chi connectivity index (χ1n) is 8.09. The summed E-state index contributed by atoms with van der Waals surface area (Å²) in [6.07, 6.45) is 0.241. The highest BCUT2D eigenvalue weighted by atomic mass is 32.2. The predicted octanol–water partition coefficient (Wildman–Crippen LogP) is 2.15. The molecule has 0 amide bonds. The van der Waals surface area contributed by atoms with Gasteiger partial charge in [0.1, 0.15) is 12.3 Å². The molecule has 0 aliphatic carbocycles. The number of fused-ring (bicyclic) bond motifs is 1. The van der Waals surface area contributed by atoms with E-state index < -0.39 is 10.9 Å². The molecular weight excluding hydrogens is 380 g/mol. The lowest BCUT2D eigenvalue weighted by Crippen LogP contribution is -2.14. The van der Waals surface area contributed by atoms with Crippen molar-refractivity contribution in [1.29, 1.82) is 0 Å². The number of carbonyl (C=O) groups excluding carboxylic acids is 2. The Morgan fingerprint density at radius 2 is 2.00 bits per heavy atom. The number of carbonyl (C=O) groups is 2. The molecular formula is C15H18N4O7S. The van der Waals surface area contributed by atoms with Crippen molar-refractivity contribution >= 4 is 46.1 Å². The first-order valence-corrected chi connectivity index (χ1v) is 9.08. The number of ether oxygens (including phenoxy) is 2. The highest BCUT2D eigenvalue weighted by Crippen LogP contribution is 2.38. The average Bonchev–Trinajstić information content (AvgIpc) is 3.12. The molecule has 12 heteroatoms. The lowest BCUT2D eigenvalue weighted by Gasteiger charge is -2.10. The largest absolute Gasteiger partial charge is 0.465 e. The summed E-state index contributed by atoms with van der Waals surface area (Å²) in [7, 11) is 0. The molecule has 2 rings (SSSR count). The van der Waals surface area contributed by atoms with Crippen LogP contribution in [0, 0.1) is 10.1 Å². The minimum absolute atomic E-state index is 0.00115. The van der Waals surface area contributed by atoms with Gasteiger partial charge in [-0.1, -0.05) is 6.92 Å². The van der Waals surface area contributed by atoms with Gasteiger partial charge < -0.3 is 14.8 Å². The van der Waals surface area contributed by atoms with Crippen LogP contribution >= 0.6 is 11.8 Å². The van der Waals surface area contributed by atoms with E-state index in [1.807, 2.05) is 0 Å². The van der Waals surface area contributed by atoms with Crippen molar-refractivity contribution in [2.24, 2.45) is 0 Å². The molecule has 2 aromatic rings. The van der Waals surface area contributed by atoms with Crippen LogP contribution in [0.4, 0.5) is 11.4 Å². The monoisotopic (exact) mass is 398 g/mol. The molecule has 1 aromatic carbocycles. The molecule has 0 aliphatic heterocycles. The minimum atomic E-state index is -0.604. The average molecular weight is 398 g/mol. The van der Waals surface area contributed by atoms with Crippen LogP contribution in [0.5, 0.6) is 0 Å². The number of hydrogen-bond acceptors (Lipinski definition) is 11. The van der Waals surface area contributed by atoms with Gasteiger partial charge >= 0.3 is 17.6 Å². The number of thioether (sulfide) groups is 1. The molecule has 0 unspecified atom stereocenters. The summed E-state index contributed by atoms with van der Waals surface area (Å²) in [6, 6.07) is 1.48. The summed E-state index contributed by atoms with van der Waals surface area (Å²) in [5, 5.41) is 21.6. The third kappa shape index (κ3) is 5.29. The number of anilines is 1. The van der Waals surface area contributed by atoms with E-state index in [1.165, 1.54) is 6.07 Å². The van der Waals surface area contributed by atoms with Crippen LogP contribution in [0.1, 0.15) is 20.3 Å². The van der Waals surface area contributed by atoms with Crippen LogP contribution in [0.3, 0.4) is 0 Å². The zero-order chi connectivity index (χ0) is 19.8. The van der Waals surface area contributed by atoms with Crippen LogP contribution in [-0.2, 0) is 19.1 Å². The second kappa shape index (κ2) is 9.71. The summed E-state index contributed by atoms with van der Waals surface area (Å²) in [5.74, 6) is -0.791. The normalized spacial score (nSPS) is 10.6. The van der Waals surface area contributed by atoms with E-state index in [0.717, 1.165) is 11.8 Å². The van der Waals surface area contributed by atoms with Crippen molar-refractivity contribution in [2.45, 2.75) is 25.2 Å². The molecule has 1 N–H and O–H groups in total. The van der Waals surface area contributed by atoms with Crippen molar-refractivity contribution in [3.63, 3.8) is 0 Å². The Labute approximate surface area is 157 Å². The molecule has 0 radical (unpaired) electrons. The lowest BCUT2D eigenvalue weighted by molar-refractivity contribution is -0.382. The maximum Gasteiger partial charge on any atom is 0.323 e. The van der Waals surface area contributed by atoms with Gasteiger partial charge in [-0.15, -0.1) is 11.8 Å². The molecule has 0 saturated carbocycles. The van der Waals surface area contributed by atoms with E-state index in [2.05, 4.69) is 20.3 Å². The Balaban J connectivity index is 2.24. The maximum atomic E-state index is 11.6. The van der Waals surface area contributed by atoms with E-state index in [1.54, 1.807) is 13.8 Å². The standard InChI is InChI=1S/C15H18N4O7S/c1-3-11(20)25-6-5-16-9-7-10(27-8-12(21)24-4-2)13-14(18-26-17-13)15(9)19(22)23/h7,16H,3-6,8H2,1-2H3. The fraction of sp³-hybridized carbons (Fsp3) is 0.467. The van der Waals surface area contributed by atoms with E-state index in [-0.39, 0.29) is 60.3 Å². The molecule has 0 saturated heterocycles. The van der Waals surface area contributed by atoms with Gasteiger partial charge in [-0.2, -0.15) is 0 Å². The Bertz CT molecular complexity index is 839. The van der Waals surface area contributed by atoms with Gasteiger partial charge in [0.25, 0.3) is 0 Å². The third-order valence-corrected chi connectivity index (χ3v) is 4.28. The van der Waals surface area contributed by atoms with Gasteiger partial charge in [0, 0.05) is 17.9 Å². The number of rotatable bonds is 10. The topological polar surface area (TPSA) is 147 Å². The smallest absolute Gasteiger partial charge is 0.323 e. The number of nitrogens with one attached hydrogen (secondary N) is 1. The van der Waals surface area contributed by atoms with Crippen LogP contribution < -0.4 is 5.32 Å². The summed E-state index contributed by atoms with van der Waals surface area (Å²) in [4.78, 5) is 34.1. The molecule has 1 heterocycles. The third-order valence-electron chi connectivity index (χ3n) is 3.28. The number of hydrogen-bond donors (Lipinski definition) is 1. The Morgan fingerprint density at radius 1 is 1.26 bits per heavy atom. The number of benzene rings is 1. The lowest BCUT2D eigenvalue weighted by atomic mass is 10.2. The second-order valence-electron chi connectivity index (χ2n) is 5.08. The number of nitro benzene ring substituents is 1. The van der Waals surface area contributed by atoms with E-state index in [4.69, 9.17) is 9.47 Å². The first-order chi connectivity index (χ1) is 13.0. The fourth-order valence-electron chi connectivity index (χ4n) is 2.12. The minimum Gasteiger partial charge on any atom is -0.465 e. The number of aromatic nitrogens is 2. The number of nitro groups is 1. The molecule has 0 atom stereocenters. The zero-order valence-electron chi connectivity index (χ0n) is 14.7. The van der Waals surface area contributed by atoms with Gasteiger partial charge in [0.05, 0.1) is 17.3 Å². The van der Waals surface area contributed by atoms with Crippen molar-refractivity contribution in [3.05, 3.63) is 16.2 Å². The van der Waals surface area contributed by atoms with Gasteiger partial charge in [-0.3, -0.25) is 19.7 Å². The highest BCUT2D eigenvalue weighted by Gasteiger charge is 2.26. The molecule has 11 nitrogen and oxygen atoms in total. The van der Waals surface area contributed by atoms with Crippen LogP contribution in [0.15, 0.2) is 15.6 Å². The predicted molar refractivity (Wildman–Crippen MR) is 95.6 cm³/mol. The Morgan fingerprint density at radius 3 is 2.67 bits per heavy atom. The van der Waals surface area contributed by atoms with Gasteiger partial charge in [-0.05, 0) is 23.3 Å². The quantitative estimate of drug-likeness (QED) is 0.206. The van der Waals surface area contributed by atoms with E-state index in [9.17, 15) is 19.7 Å². The van der Waals surface area contributed by atoms with Crippen molar-refractivity contribution in [1.82, 2.24) is 10.3 Å². The fourth-order valence-corrected chi connectivity index (χ4v) is 2.95. The molecule has 1 aromatic heterocycles. The van der Waals surface area contributed by atoms with Gasteiger partial charge in [0.15, 0.2) is 5.52 Å². The molecule has 27 heavy (non-hydrogen) atoms. The van der Waals surface area contributed by atoms with E-state index in [0.29, 0.717) is 4.90 Å².